The number of phenols is 1. The van der Waals surface area contributed by atoms with Gasteiger partial charge in [-0.15, -0.1) is 12.4 Å². The summed E-state index contributed by atoms with van der Waals surface area (Å²) in [7, 11) is 1.49. The van der Waals surface area contributed by atoms with Gasteiger partial charge in [-0.25, -0.2) is 0 Å². The molecule has 1 aromatic rings. The topological polar surface area (TPSA) is 75.7 Å². The van der Waals surface area contributed by atoms with Crippen molar-refractivity contribution in [3.63, 3.8) is 0 Å². The molecule has 1 rings (SSSR count). The van der Waals surface area contributed by atoms with Gasteiger partial charge in [0, 0.05) is 22.7 Å². The standard InChI is InChI=1S/C11H16BrNO3.ClH/c1-16-10-6-7(12)5-8(11(10)15)9(13)3-2-4-14;/h5-6,9,14-15H,2-4,13H2,1H3;1H/t9-;/m0./s1. The van der Waals surface area contributed by atoms with Crippen LogP contribution in [-0.2, 0) is 0 Å². The van der Waals surface area contributed by atoms with Crippen LogP contribution < -0.4 is 10.5 Å². The molecule has 0 aromatic heterocycles. The van der Waals surface area contributed by atoms with Crippen molar-refractivity contribution >= 4 is 28.3 Å². The molecule has 0 radical (unpaired) electrons. The number of benzene rings is 1. The third kappa shape index (κ3) is 4.35. The van der Waals surface area contributed by atoms with Gasteiger partial charge in [0.05, 0.1) is 7.11 Å². The summed E-state index contributed by atoms with van der Waals surface area (Å²) in [5, 5.41) is 18.6. The fraction of sp³-hybridized carbons (Fsp3) is 0.455. The van der Waals surface area contributed by atoms with E-state index < -0.39 is 0 Å². The predicted octanol–water partition coefficient (Wildman–Crippen LogP) is 2.36. The molecule has 6 heteroatoms. The van der Waals surface area contributed by atoms with Gasteiger partial charge in [-0.3, -0.25) is 0 Å². The molecule has 0 amide bonds. The molecule has 1 aromatic carbocycles. The van der Waals surface area contributed by atoms with E-state index in [1.165, 1.54) is 7.11 Å². The number of methoxy groups -OCH3 is 1. The first-order chi connectivity index (χ1) is 7.60. The van der Waals surface area contributed by atoms with Crippen molar-refractivity contribution in [1.82, 2.24) is 0 Å². The van der Waals surface area contributed by atoms with Gasteiger partial charge in [0.1, 0.15) is 0 Å². The van der Waals surface area contributed by atoms with E-state index in [0.29, 0.717) is 24.2 Å². The van der Waals surface area contributed by atoms with Crippen LogP contribution in [0.5, 0.6) is 11.5 Å². The molecule has 0 unspecified atom stereocenters. The molecule has 0 saturated heterocycles. The van der Waals surface area contributed by atoms with E-state index in [1.807, 2.05) is 0 Å². The summed E-state index contributed by atoms with van der Waals surface area (Å²) < 4.78 is 5.84. The summed E-state index contributed by atoms with van der Waals surface area (Å²) in [6.45, 7) is 0.0968. The van der Waals surface area contributed by atoms with Crippen LogP contribution in [0.15, 0.2) is 16.6 Å². The van der Waals surface area contributed by atoms with Gasteiger partial charge in [-0.2, -0.15) is 0 Å². The van der Waals surface area contributed by atoms with Crippen LogP contribution in [0, 0.1) is 0 Å². The first-order valence-corrected chi connectivity index (χ1v) is 5.82. The highest BCUT2D eigenvalue weighted by Crippen LogP contribution is 2.37. The van der Waals surface area contributed by atoms with Crippen molar-refractivity contribution in [3.8, 4) is 11.5 Å². The number of nitrogens with two attached hydrogens (primary N) is 1. The third-order valence-electron chi connectivity index (χ3n) is 2.36. The Hall–Kier alpha value is -0.490. The summed E-state index contributed by atoms with van der Waals surface area (Å²) in [6.07, 6.45) is 1.22. The highest BCUT2D eigenvalue weighted by Gasteiger charge is 2.15. The first-order valence-electron chi connectivity index (χ1n) is 5.03. The number of hydrogen-bond donors (Lipinski definition) is 3. The molecular formula is C11H17BrClNO3. The van der Waals surface area contributed by atoms with Gasteiger partial charge in [0.25, 0.3) is 0 Å². The molecule has 0 saturated carbocycles. The number of halogens is 2. The summed E-state index contributed by atoms with van der Waals surface area (Å²) >= 11 is 3.33. The van der Waals surface area contributed by atoms with Gasteiger partial charge < -0.3 is 20.7 Å². The van der Waals surface area contributed by atoms with E-state index in [2.05, 4.69) is 15.9 Å². The minimum atomic E-state index is -0.307. The zero-order valence-electron chi connectivity index (χ0n) is 9.52. The van der Waals surface area contributed by atoms with Crippen molar-refractivity contribution in [1.29, 1.82) is 0 Å². The minimum absolute atomic E-state index is 0. The van der Waals surface area contributed by atoms with Crippen molar-refractivity contribution in [3.05, 3.63) is 22.2 Å². The Morgan fingerprint density at radius 2 is 2.12 bits per heavy atom. The molecule has 0 fully saturated rings. The van der Waals surface area contributed by atoms with Crippen LogP contribution in [0.25, 0.3) is 0 Å². The first kappa shape index (κ1) is 16.5. The van der Waals surface area contributed by atoms with Crippen molar-refractivity contribution in [2.24, 2.45) is 5.73 Å². The molecule has 0 spiro atoms. The molecule has 0 aliphatic heterocycles. The predicted molar refractivity (Wildman–Crippen MR) is 72.9 cm³/mol. The average molecular weight is 327 g/mol. The lowest BCUT2D eigenvalue weighted by atomic mass is 10.0. The van der Waals surface area contributed by atoms with E-state index in [1.54, 1.807) is 12.1 Å². The highest BCUT2D eigenvalue weighted by molar-refractivity contribution is 9.10. The Kier molecular flexibility index (Phi) is 7.54. The van der Waals surface area contributed by atoms with Crippen LogP contribution in [0.3, 0.4) is 0 Å². The molecule has 0 aliphatic carbocycles. The van der Waals surface area contributed by atoms with Crippen molar-refractivity contribution in [2.45, 2.75) is 18.9 Å². The van der Waals surface area contributed by atoms with Crippen LogP contribution in [0.2, 0.25) is 0 Å². The SMILES string of the molecule is COc1cc(Br)cc([C@@H](N)CCCO)c1O.Cl. The van der Waals surface area contributed by atoms with Crippen molar-refractivity contribution in [2.75, 3.05) is 13.7 Å². The second kappa shape index (κ2) is 7.76. The second-order valence-electron chi connectivity index (χ2n) is 3.52. The van der Waals surface area contributed by atoms with Gasteiger partial charge in [-0.1, -0.05) is 15.9 Å². The number of hydrogen-bond acceptors (Lipinski definition) is 4. The van der Waals surface area contributed by atoms with Crippen LogP contribution in [-0.4, -0.2) is 23.9 Å². The third-order valence-corrected chi connectivity index (χ3v) is 2.82. The summed E-state index contributed by atoms with van der Waals surface area (Å²) in [5.74, 6) is 0.458. The Morgan fingerprint density at radius 3 is 2.65 bits per heavy atom. The van der Waals surface area contributed by atoms with E-state index in [-0.39, 0.29) is 30.8 Å². The van der Waals surface area contributed by atoms with Gasteiger partial charge in [0.15, 0.2) is 11.5 Å². The van der Waals surface area contributed by atoms with Crippen LogP contribution in [0.4, 0.5) is 0 Å². The minimum Gasteiger partial charge on any atom is -0.504 e. The number of aliphatic hydroxyl groups excluding tert-OH is 1. The van der Waals surface area contributed by atoms with Crippen molar-refractivity contribution < 1.29 is 14.9 Å². The number of phenolic OH excluding ortho intramolecular Hbond substituents is 1. The fourth-order valence-electron chi connectivity index (χ4n) is 1.50. The molecule has 4 N–H and O–H groups in total. The Labute approximate surface area is 115 Å². The van der Waals surface area contributed by atoms with Gasteiger partial charge >= 0.3 is 0 Å². The maximum Gasteiger partial charge on any atom is 0.162 e. The van der Waals surface area contributed by atoms with E-state index in [9.17, 15) is 5.11 Å². The quantitative estimate of drug-likeness (QED) is 0.776. The zero-order chi connectivity index (χ0) is 12.1. The Balaban J connectivity index is 0.00000256. The smallest absolute Gasteiger partial charge is 0.162 e. The largest absolute Gasteiger partial charge is 0.504 e. The summed E-state index contributed by atoms with van der Waals surface area (Å²) in [5.41, 5.74) is 6.55. The Bertz CT molecular complexity index is 363. The summed E-state index contributed by atoms with van der Waals surface area (Å²) in [4.78, 5) is 0. The molecule has 98 valence electrons. The average Bonchev–Trinajstić information content (AvgIpc) is 2.28. The number of aromatic hydroxyl groups is 1. The molecule has 4 nitrogen and oxygen atoms in total. The van der Waals surface area contributed by atoms with Gasteiger partial charge in [-0.05, 0) is 25.0 Å². The molecular weight excluding hydrogens is 309 g/mol. The van der Waals surface area contributed by atoms with E-state index in [4.69, 9.17) is 15.6 Å². The molecule has 17 heavy (non-hydrogen) atoms. The van der Waals surface area contributed by atoms with Crippen LogP contribution >= 0.6 is 28.3 Å². The molecule has 0 bridgehead atoms. The second-order valence-corrected chi connectivity index (χ2v) is 4.43. The monoisotopic (exact) mass is 325 g/mol. The maximum atomic E-state index is 9.89. The lowest BCUT2D eigenvalue weighted by Gasteiger charge is -2.15. The summed E-state index contributed by atoms with van der Waals surface area (Å²) in [6, 6.07) is 3.14. The number of ether oxygens (including phenoxy) is 1. The molecule has 0 heterocycles. The number of aliphatic hydroxyl groups is 1. The van der Waals surface area contributed by atoms with Gasteiger partial charge in [0.2, 0.25) is 0 Å². The highest BCUT2D eigenvalue weighted by atomic mass is 79.9. The zero-order valence-corrected chi connectivity index (χ0v) is 11.9. The Morgan fingerprint density at radius 1 is 1.47 bits per heavy atom. The molecule has 0 aliphatic rings. The number of rotatable bonds is 5. The van der Waals surface area contributed by atoms with E-state index >= 15 is 0 Å². The lowest BCUT2D eigenvalue weighted by molar-refractivity contribution is 0.279. The van der Waals surface area contributed by atoms with E-state index in [0.717, 1.165) is 4.47 Å². The lowest BCUT2D eigenvalue weighted by Crippen LogP contribution is -2.11. The maximum absolute atomic E-state index is 9.89. The normalized spacial score (nSPS) is 11.8. The van der Waals surface area contributed by atoms with Crippen LogP contribution in [0.1, 0.15) is 24.4 Å². The molecule has 1 atom stereocenters. The fourth-order valence-corrected chi connectivity index (χ4v) is 1.95.